The van der Waals surface area contributed by atoms with Crippen molar-refractivity contribution in [3.63, 3.8) is 0 Å². The van der Waals surface area contributed by atoms with Crippen LogP contribution in [0.25, 0.3) is 21.9 Å². The van der Waals surface area contributed by atoms with Gasteiger partial charge in [0.05, 0.1) is 5.56 Å². The predicted molar refractivity (Wildman–Crippen MR) is 178 cm³/mol. The molecule has 8 rings (SSSR count). The summed E-state index contributed by atoms with van der Waals surface area (Å²) >= 11 is 0. The van der Waals surface area contributed by atoms with Crippen LogP contribution < -0.4 is 9.80 Å². The number of anilines is 2. The second kappa shape index (κ2) is 10.9. The molecule has 4 aliphatic rings. The molecule has 4 aromatic rings. The fourth-order valence-electron chi connectivity index (χ4n) is 7.74. The summed E-state index contributed by atoms with van der Waals surface area (Å²) in [7, 11) is 0. The number of fused-ring (bicyclic) bond motifs is 2. The summed E-state index contributed by atoms with van der Waals surface area (Å²) < 4.78 is 2.58. The highest BCUT2D eigenvalue weighted by molar-refractivity contribution is 6.19. The first-order chi connectivity index (χ1) is 20.8. The zero-order valence-corrected chi connectivity index (χ0v) is 24.6. The molecule has 0 saturated carbocycles. The summed E-state index contributed by atoms with van der Waals surface area (Å²) in [5.74, 6) is 0. The van der Waals surface area contributed by atoms with Gasteiger partial charge in [0, 0.05) is 61.9 Å². The summed E-state index contributed by atoms with van der Waals surface area (Å²) in [5, 5.41) is 2.70. The number of hydrogen-bond acceptors (Lipinski definition) is 2. The Morgan fingerprint density at radius 3 is 1.93 bits per heavy atom. The molecule has 0 N–H and O–H groups in total. The fourth-order valence-corrected chi connectivity index (χ4v) is 7.74. The van der Waals surface area contributed by atoms with E-state index in [1.54, 1.807) is 0 Å². The number of benzene rings is 4. The van der Waals surface area contributed by atoms with E-state index in [9.17, 15) is 0 Å². The molecular weight excluding hydrogens is 510 g/mol. The monoisotopic (exact) mass is 550 g/mol. The first-order valence-corrected chi connectivity index (χ1v) is 16.1. The van der Waals surface area contributed by atoms with Gasteiger partial charge in [0.25, 0.3) is 0 Å². The molecule has 3 fully saturated rings. The molecule has 0 bridgehead atoms. The first-order valence-electron chi connectivity index (χ1n) is 16.1. The summed E-state index contributed by atoms with van der Waals surface area (Å²) in [6.45, 7) is 6.95. The van der Waals surface area contributed by atoms with E-state index in [1.165, 1.54) is 113 Å². The Morgan fingerprint density at radius 1 is 0.548 bits per heavy atom. The molecule has 1 aliphatic carbocycles. The minimum atomic E-state index is 1.15. The van der Waals surface area contributed by atoms with Crippen molar-refractivity contribution in [2.24, 2.45) is 0 Å². The van der Waals surface area contributed by atoms with Crippen molar-refractivity contribution in [2.45, 2.75) is 38.5 Å². The maximum atomic E-state index is 2.58. The standard InChI is InChI=1S/C39H40N3/c1-3-13-33-31(11-1)35(19-21-37(33)41-25-7-8-26-41)39(29-15-17-30(18-16-29)40-23-5-6-24-40)36-20-22-38(42-27-9-10-28-42)34-14-4-2-12-32(34)36/h1-4,11-22H,5-10,23-28H2/q+1. The van der Waals surface area contributed by atoms with Crippen LogP contribution in [0.2, 0.25) is 0 Å². The lowest BCUT2D eigenvalue weighted by atomic mass is 9.82. The van der Waals surface area contributed by atoms with E-state index >= 15 is 0 Å². The SMILES string of the molecule is C1=C/C(=C(/c2ccc(N3CCCC3)cc2)c2ccc(N3CCCC3)c3ccccc23)c2ccccc2C1=[N+]1CCCC1. The number of nitrogens with zero attached hydrogens (tertiary/aromatic N) is 3. The predicted octanol–water partition coefficient (Wildman–Crippen LogP) is 8.16. The van der Waals surface area contributed by atoms with Crippen molar-refractivity contribution in [3.8, 4) is 0 Å². The van der Waals surface area contributed by atoms with E-state index < -0.39 is 0 Å². The van der Waals surface area contributed by atoms with E-state index in [2.05, 4.69) is 111 Å². The Bertz CT molecular complexity index is 1720. The van der Waals surface area contributed by atoms with Crippen molar-refractivity contribution in [2.75, 3.05) is 49.1 Å². The molecular formula is C39H40N3+. The Kier molecular flexibility index (Phi) is 6.67. The second-order valence-electron chi connectivity index (χ2n) is 12.4. The normalized spacial score (nSPS) is 19.7. The molecule has 3 saturated heterocycles. The summed E-state index contributed by atoms with van der Waals surface area (Å²) in [4.78, 5) is 5.11. The Hall–Kier alpha value is -4.11. The van der Waals surface area contributed by atoms with Crippen LogP contribution in [0.15, 0.2) is 97.1 Å². The fraction of sp³-hybridized carbons (Fsp3) is 0.308. The van der Waals surface area contributed by atoms with Crippen LogP contribution in [0.5, 0.6) is 0 Å². The summed E-state index contributed by atoms with van der Waals surface area (Å²) in [6.07, 6.45) is 12.5. The minimum Gasteiger partial charge on any atom is -0.372 e. The van der Waals surface area contributed by atoms with Gasteiger partial charge in [0.15, 0.2) is 0 Å². The largest absolute Gasteiger partial charge is 0.372 e. The van der Waals surface area contributed by atoms with Gasteiger partial charge in [-0.1, -0.05) is 60.7 Å². The Labute approximate surface area is 250 Å². The molecule has 4 aromatic carbocycles. The van der Waals surface area contributed by atoms with Gasteiger partial charge in [-0.3, -0.25) is 0 Å². The van der Waals surface area contributed by atoms with Crippen LogP contribution in [0.4, 0.5) is 11.4 Å². The minimum absolute atomic E-state index is 1.15. The average molecular weight is 551 g/mol. The first kappa shape index (κ1) is 25.6. The maximum Gasteiger partial charge on any atom is 0.207 e. The molecule has 0 spiro atoms. The number of hydrogen-bond donors (Lipinski definition) is 0. The molecule has 210 valence electrons. The number of allylic oxidation sites excluding steroid dienone is 3. The van der Waals surface area contributed by atoms with Gasteiger partial charge < -0.3 is 9.80 Å². The van der Waals surface area contributed by atoms with E-state index in [4.69, 9.17) is 0 Å². The van der Waals surface area contributed by atoms with E-state index in [0.717, 1.165) is 26.2 Å². The van der Waals surface area contributed by atoms with Crippen LogP contribution in [0.1, 0.15) is 60.8 Å². The van der Waals surface area contributed by atoms with Crippen molar-refractivity contribution >= 4 is 39.0 Å². The van der Waals surface area contributed by atoms with Gasteiger partial charge in [0.1, 0.15) is 13.1 Å². The molecule has 0 radical (unpaired) electrons. The molecule has 3 heterocycles. The molecule has 3 heteroatoms. The van der Waals surface area contributed by atoms with Gasteiger partial charge in [0.2, 0.25) is 5.71 Å². The quantitative estimate of drug-likeness (QED) is 0.237. The zero-order valence-electron chi connectivity index (χ0n) is 24.6. The number of rotatable bonds is 4. The molecule has 3 nitrogen and oxygen atoms in total. The molecule has 0 amide bonds. The third-order valence-corrected chi connectivity index (χ3v) is 9.86. The maximum absolute atomic E-state index is 2.58. The summed E-state index contributed by atoms with van der Waals surface area (Å²) in [5.41, 5.74) is 12.1. The van der Waals surface area contributed by atoms with E-state index in [1.807, 2.05) is 0 Å². The van der Waals surface area contributed by atoms with E-state index in [0.29, 0.717) is 0 Å². The average Bonchev–Trinajstić information content (AvgIpc) is 3.86. The van der Waals surface area contributed by atoms with E-state index in [-0.39, 0.29) is 0 Å². The lowest BCUT2D eigenvalue weighted by molar-refractivity contribution is -0.504. The molecule has 0 aromatic heterocycles. The van der Waals surface area contributed by atoms with Crippen LogP contribution >= 0.6 is 0 Å². The highest BCUT2D eigenvalue weighted by Gasteiger charge is 2.28. The van der Waals surface area contributed by atoms with Crippen molar-refractivity contribution in [1.82, 2.24) is 0 Å². The van der Waals surface area contributed by atoms with Crippen LogP contribution in [0, 0.1) is 0 Å². The third kappa shape index (κ3) is 4.47. The molecule has 0 unspecified atom stereocenters. The van der Waals surface area contributed by atoms with Gasteiger partial charge in [-0.05, 0) is 89.2 Å². The highest BCUT2D eigenvalue weighted by atomic mass is 15.1. The van der Waals surface area contributed by atoms with Gasteiger partial charge in [-0.15, -0.1) is 0 Å². The highest BCUT2D eigenvalue weighted by Crippen LogP contribution is 2.42. The van der Waals surface area contributed by atoms with Gasteiger partial charge in [-0.25, -0.2) is 4.58 Å². The Morgan fingerprint density at radius 2 is 1.19 bits per heavy atom. The zero-order chi connectivity index (χ0) is 27.9. The molecule has 3 aliphatic heterocycles. The lowest BCUT2D eigenvalue weighted by Gasteiger charge is -2.24. The van der Waals surface area contributed by atoms with Crippen molar-refractivity contribution < 1.29 is 4.58 Å². The van der Waals surface area contributed by atoms with Gasteiger partial charge >= 0.3 is 0 Å². The van der Waals surface area contributed by atoms with Gasteiger partial charge in [-0.2, -0.15) is 0 Å². The van der Waals surface area contributed by atoms with Crippen LogP contribution in [-0.4, -0.2) is 49.6 Å². The second-order valence-corrected chi connectivity index (χ2v) is 12.4. The van der Waals surface area contributed by atoms with Crippen LogP contribution in [0.3, 0.4) is 0 Å². The van der Waals surface area contributed by atoms with Crippen molar-refractivity contribution in [1.29, 1.82) is 0 Å². The van der Waals surface area contributed by atoms with Crippen LogP contribution in [-0.2, 0) is 0 Å². The smallest absolute Gasteiger partial charge is 0.207 e. The molecule has 0 atom stereocenters. The topological polar surface area (TPSA) is 9.49 Å². The Balaban J connectivity index is 1.36. The molecule has 42 heavy (non-hydrogen) atoms. The van der Waals surface area contributed by atoms with Crippen molar-refractivity contribution in [3.05, 3.63) is 119 Å². The lowest BCUT2D eigenvalue weighted by Crippen LogP contribution is -2.21. The summed E-state index contributed by atoms with van der Waals surface area (Å²) in [6, 6.07) is 32.4. The third-order valence-electron chi connectivity index (χ3n) is 9.86.